The Kier molecular flexibility index (Phi) is 3.27. The molecule has 0 radical (unpaired) electrons. The number of rotatable bonds is 5. The second-order valence-electron chi connectivity index (χ2n) is 4.87. The van der Waals surface area contributed by atoms with E-state index in [-0.39, 0.29) is 11.2 Å². The summed E-state index contributed by atoms with van der Waals surface area (Å²) in [6.45, 7) is 0. The fourth-order valence-corrected chi connectivity index (χ4v) is 2.84. The average molecular weight is 293 g/mol. The molecule has 20 heavy (non-hydrogen) atoms. The van der Waals surface area contributed by atoms with Crippen LogP contribution in [0.4, 0.5) is 0 Å². The van der Waals surface area contributed by atoms with Crippen LogP contribution in [0.2, 0.25) is 0 Å². The second kappa shape index (κ2) is 4.95. The van der Waals surface area contributed by atoms with Crippen LogP contribution in [0.25, 0.3) is 0 Å². The van der Waals surface area contributed by atoms with Gasteiger partial charge in [0.2, 0.25) is 0 Å². The Labute approximate surface area is 116 Å². The van der Waals surface area contributed by atoms with Crippen molar-refractivity contribution in [2.45, 2.75) is 36.9 Å². The lowest BCUT2D eigenvalue weighted by molar-refractivity contribution is 0.557. The molecule has 2 heterocycles. The highest BCUT2D eigenvalue weighted by molar-refractivity contribution is 7.89. The van der Waals surface area contributed by atoms with E-state index in [9.17, 15) is 8.42 Å². The monoisotopic (exact) mass is 293 g/mol. The molecule has 0 saturated heterocycles. The summed E-state index contributed by atoms with van der Waals surface area (Å²) >= 11 is 0. The van der Waals surface area contributed by atoms with E-state index in [1.54, 1.807) is 10.8 Å². The zero-order chi connectivity index (χ0) is 14.2. The smallest absolute Gasteiger partial charge is 0.273 e. The molecule has 7 nitrogen and oxygen atoms in total. The van der Waals surface area contributed by atoms with Crippen molar-refractivity contribution in [3.8, 4) is 0 Å². The SMILES string of the molecule is NS(=O)(=O)c1nnc(CCc2ccccn2)n1C1CC1. The first-order chi connectivity index (χ1) is 9.55. The van der Waals surface area contributed by atoms with Crippen molar-refractivity contribution in [2.75, 3.05) is 0 Å². The Bertz CT molecular complexity index is 707. The zero-order valence-electron chi connectivity index (χ0n) is 10.8. The number of primary sulfonamides is 1. The second-order valence-corrected chi connectivity index (χ2v) is 6.32. The van der Waals surface area contributed by atoms with Crippen LogP contribution in [0.15, 0.2) is 29.6 Å². The van der Waals surface area contributed by atoms with E-state index in [4.69, 9.17) is 5.14 Å². The summed E-state index contributed by atoms with van der Waals surface area (Å²) in [6, 6.07) is 5.87. The molecule has 0 unspecified atom stereocenters. The molecule has 0 aromatic carbocycles. The van der Waals surface area contributed by atoms with E-state index in [1.807, 2.05) is 18.2 Å². The fraction of sp³-hybridized carbons (Fsp3) is 0.417. The molecule has 0 aliphatic heterocycles. The standard InChI is InChI=1S/C12H15N5O2S/c13-20(18,19)12-16-15-11(17(12)10-5-6-10)7-4-9-3-1-2-8-14-9/h1-3,8,10H,4-7H2,(H2,13,18,19). The van der Waals surface area contributed by atoms with Crippen molar-refractivity contribution in [1.29, 1.82) is 0 Å². The van der Waals surface area contributed by atoms with Gasteiger partial charge >= 0.3 is 0 Å². The number of aryl methyl sites for hydroxylation is 2. The van der Waals surface area contributed by atoms with Gasteiger partial charge in [-0.15, -0.1) is 10.2 Å². The molecule has 2 N–H and O–H groups in total. The van der Waals surface area contributed by atoms with Gasteiger partial charge in [-0.1, -0.05) is 6.07 Å². The third-order valence-corrected chi connectivity index (χ3v) is 4.02. The van der Waals surface area contributed by atoms with Crippen LogP contribution in [-0.4, -0.2) is 28.2 Å². The van der Waals surface area contributed by atoms with Crippen molar-refractivity contribution in [3.05, 3.63) is 35.9 Å². The van der Waals surface area contributed by atoms with Gasteiger partial charge in [-0.3, -0.25) is 9.55 Å². The van der Waals surface area contributed by atoms with Crippen LogP contribution in [0, 0.1) is 0 Å². The van der Waals surface area contributed by atoms with Crippen LogP contribution >= 0.6 is 0 Å². The normalized spacial score (nSPS) is 15.4. The molecular weight excluding hydrogens is 278 g/mol. The molecule has 0 atom stereocenters. The maximum Gasteiger partial charge on any atom is 0.273 e. The van der Waals surface area contributed by atoms with Gasteiger partial charge in [-0.25, -0.2) is 13.6 Å². The molecule has 0 bridgehead atoms. The third-order valence-electron chi connectivity index (χ3n) is 3.23. The minimum atomic E-state index is -3.83. The lowest BCUT2D eigenvalue weighted by atomic mass is 10.2. The van der Waals surface area contributed by atoms with Crippen LogP contribution < -0.4 is 5.14 Å². The molecule has 8 heteroatoms. The van der Waals surface area contributed by atoms with Gasteiger partial charge in [0.1, 0.15) is 5.82 Å². The predicted octanol–water partition coefficient (Wildman–Crippen LogP) is 0.441. The Morgan fingerprint density at radius 2 is 2.05 bits per heavy atom. The topological polar surface area (TPSA) is 104 Å². The van der Waals surface area contributed by atoms with Gasteiger partial charge in [0.15, 0.2) is 0 Å². The summed E-state index contributed by atoms with van der Waals surface area (Å²) in [5, 5.41) is 12.8. The quantitative estimate of drug-likeness (QED) is 0.861. The number of hydrogen-bond acceptors (Lipinski definition) is 5. The van der Waals surface area contributed by atoms with E-state index >= 15 is 0 Å². The van der Waals surface area contributed by atoms with E-state index < -0.39 is 10.0 Å². The van der Waals surface area contributed by atoms with Crippen molar-refractivity contribution >= 4 is 10.0 Å². The summed E-state index contributed by atoms with van der Waals surface area (Å²) in [5.41, 5.74) is 0.940. The summed E-state index contributed by atoms with van der Waals surface area (Å²) in [6.07, 6.45) is 4.90. The summed E-state index contributed by atoms with van der Waals surface area (Å²) < 4.78 is 24.7. The van der Waals surface area contributed by atoms with Crippen LogP contribution in [-0.2, 0) is 22.9 Å². The third kappa shape index (κ3) is 2.70. The van der Waals surface area contributed by atoms with Gasteiger partial charge < -0.3 is 0 Å². The Morgan fingerprint density at radius 3 is 2.65 bits per heavy atom. The maximum atomic E-state index is 11.5. The summed E-state index contributed by atoms with van der Waals surface area (Å²) in [7, 11) is -3.83. The molecule has 0 spiro atoms. The van der Waals surface area contributed by atoms with Crippen molar-refractivity contribution in [3.63, 3.8) is 0 Å². The predicted molar refractivity (Wildman–Crippen MR) is 71.3 cm³/mol. The van der Waals surface area contributed by atoms with E-state index in [0.29, 0.717) is 18.7 Å². The summed E-state index contributed by atoms with van der Waals surface area (Å²) in [5.74, 6) is 0.655. The number of nitrogens with two attached hydrogens (primary N) is 1. The maximum absolute atomic E-state index is 11.5. The minimum Gasteiger partial charge on any atom is -0.298 e. The number of aromatic nitrogens is 4. The van der Waals surface area contributed by atoms with Crippen molar-refractivity contribution in [2.24, 2.45) is 5.14 Å². The van der Waals surface area contributed by atoms with E-state index in [1.165, 1.54) is 0 Å². The molecule has 0 amide bonds. The first kappa shape index (κ1) is 13.2. The molecule has 3 rings (SSSR count). The van der Waals surface area contributed by atoms with Gasteiger partial charge in [-0.2, -0.15) is 0 Å². The Morgan fingerprint density at radius 1 is 1.25 bits per heavy atom. The molecule has 1 saturated carbocycles. The van der Waals surface area contributed by atoms with Gasteiger partial charge in [0.25, 0.3) is 15.2 Å². The van der Waals surface area contributed by atoms with E-state index in [2.05, 4.69) is 15.2 Å². The number of hydrogen-bond donors (Lipinski definition) is 1. The highest BCUT2D eigenvalue weighted by atomic mass is 32.2. The van der Waals surface area contributed by atoms with E-state index in [0.717, 1.165) is 18.5 Å². The molecule has 1 aliphatic carbocycles. The highest BCUT2D eigenvalue weighted by Crippen LogP contribution is 2.37. The Hall–Kier alpha value is -1.80. The number of pyridine rings is 1. The van der Waals surface area contributed by atoms with Crippen LogP contribution in [0.1, 0.15) is 30.4 Å². The molecule has 1 fully saturated rings. The zero-order valence-corrected chi connectivity index (χ0v) is 11.6. The molecule has 2 aromatic rings. The molecule has 106 valence electrons. The summed E-state index contributed by atoms with van der Waals surface area (Å²) in [4.78, 5) is 4.24. The van der Waals surface area contributed by atoms with Gasteiger partial charge in [0.05, 0.1) is 0 Å². The first-order valence-electron chi connectivity index (χ1n) is 6.42. The van der Waals surface area contributed by atoms with Gasteiger partial charge in [0, 0.05) is 24.4 Å². The first-order valence-corrected chi connectivity index (χ1v) is 7.97. The van der Waals surface area contributed by atoms with Crippen LogP contribution in [0.5, 0.6) is 0 Å². The number of sulfonamides is 1. The largest absolute Gasteiger partial charge is 0.298 e. The average Bonchev–Trinajstić information content (AvgIpc) is 3.16. The lowest BCUT2D eigenvalue weighted by Gasteiger charge is -2.07. The highest BCUT2D eigenvalue weighted by Gasteiger charge is 2.32. The molecular formula is C12H15N5O2S. The van der Waals surface area contributed by atoms with Crippen molar-refractivity contribution < 1.29 is 8.42 Å². The van der Waals surface area contributed by atoms with Crippen molar-refractivity contribution in [1.82, 2.24) is 19.7 Å². The minimum absolute atomic E-state index is 0.129. The lowest BCUT2D eigenvalue weighted by Crippen LogP contribution is -2.19. The Balaban J connectivity index is 1.85. The molecule has 1 aliphatic rings. The fourth-order valence-electron chi connectivity index (χ4n) is 2.16. The van der Waals surface area contributed by atoms with Gasteiger partial charge in [-0.05, 0) is 31.4 Å². The number of nitrogens with zero attached hydrogens (tertiary/aromatic N) is 4. The van der Waals surface area contributed by atoms with Crippen LogP contribution in [0.3, 0.4) is 0 Å². The molecule has 2 aromatic heterocycles.